The van der Waals surface area contributed by atoms with Crippen LogP contribution in [0.15, 0.2) is 12.2 Å². The van der Waals surface area contributed by atoms with Crippen molar-refractivity contribution in [3.05, 3.63) is 12.2 Å². The van der Waals surface area contributed by atoms with Gasteiger partial charge in [-0.1, -0.05) is 12.2 Å². The van der Waals surface area contributed by atoms with Crippen LogP contribution in [0.4, 0.5) is 0 Å². The van der Waals surface area contributed by atoms with Crippen molar-refractivity contribution in [1.29, 1.82) is 0 Å². The number of allylic oxidation sites excluding steroid dienone is 1. The highest BCUT2D eigenvalue weighted by atomic mass is 16.5. The minimum absolute atomic E-state index is 0.266. The molecule has 0 aromatic carbocycles. The van der Waals surface area contributed by atoms with Gasteiger partial charge in [0.25, 0.3) is 0 Å². The average molecular weight is 239 g/mol. The lowest BCUT2D eigenvalue weighted by molar-refractivity contribution is -0.0938. The fourth-order valence-corrected chi connectivity index (χ4v) is 3.15. The highest BCUT2D eigenvalue weighted by Crippen LogP contribution is 2.38. The van der Waals surface area contributed by atoms with Gasteiger partial charge in [0.15, 0.2) is 0 Å². The van der Waals surface area contributed by atoms with Crippen LogP contribution in [-0.2, 0) is 4.74 Å². The smallest absolute Gasteiger partial charge is 0.0774 e. The van der Waals surface area contributed by atoms with Crippen molar-refractivity contribution in [3.8, 4) is 0 Å². The summed E-state index contributed by atoms with van der Waals surface area (Å²) < 4.78 is 5.39. The SMILES string of the molecule is C=C(C)[C@H]1CC[C@@](C)(O)C(N2CCOCC2)C1. The minimum Gasteiger partial charge on any atom is -0.389 e. The second kappa shape index (κ2) is 5.09. The van der Waals surface area contributed by atoms with E-state index >= 15 is 0 Å². The first-order chi connectivity index (χ1) is 8.00. The van der Waals surface area contributed by atoms with Gasteiger partial charge in [-0.05, 0) is 39.0 Å². The van der Waals surface area contributed by atoms with E-state index < -0.39 is 5.60 Å². The summed E-state index contributed by atoms with van der Waals surface area (Å²) in [6, 6.07) is 0.266. The largest absolute Gasteiger partial charge is 0.389 e. The molecule has 1 aliphatic heterocycles. The third-order valence-corrected chi connectivity index (χ3v) is 4.41. The van der Waals surface area contributed by atoms with Gasteiger partial charge in [0.05, 0.1) is 18.8 Å². The van der Waals surface area contributed by atoms with Crippen LogP contribution in [0, 0.1) is 5.92 Å². The Kier molecular flexibility index (Phi) is 3.91. The van der Waals surface area contributed by atoms with Gasteiger partial charge in [-0.2, -0.15) is 0 Å². The van der Waals surface area contributed by atoms with Crippen molar-refractivity contribution in [3.63, 3.8) is 0 Å². The fourth-order valence-electron chi connectivity index (χ4n) is 3.15. The van der Waals surface area contributed by atoms with Gasteiger partial charge < -0.3 is 9.84 Å². The number of nitrogens with zero attached hydrogens (tertiary/aromatic N) is 1. The molecule has 0 aromatic rings. The standard InChI is InChI=1S/C14H25NO2/c1-11(2)12-4-5-14(3,16)13(10-12)15-6-8-17-9-7-15/h12-13,16H,1,4-10H2,2-3H3/t12-,13?,14+/m0/s1. The summed E-state index contributed by atoms with van der Waals surface area (Å²) in [6.07, 6.45) is 3.00. The lowest BCUT2D eigenvalue weighted by atomic mass is 9.73. The van der Waals surface area contributed by atoms with Crippen molar-refractivity contribution in [2.24, 2.45) is 5.92 Å². The van der Waals surface area contributed by atoms with Gasteiger partial charge in [-0.25, -0.2) is 0 Å². The Balaban J connectivity index is 2.06. The summed E-state index contributed by atoms with van der Waals surface area (Å²) in [4.78, 5) is 2.40. The fraction of sp³-hybridized carbons (Fsp3) is 0.857. The highest BCUT2D eigenvalue weighted by Gasteiger charge is 2.41. The molecule has 1 aliphatic carbocycles. The Morgan fingerprint density at radius 1 is 1.41 bits per heavy atom. The van der Waals surface area contributed by atoms with Gasteiger partial charge in [0, 0.05) is 19.1 Å². The van der Waals surface area contributed by atoms with E-state index in [0.29, 0.717) is 5.92 Å². The van der Waals surface area contributed by atoms with Crippen LogP contribution in [0.3, 0.4) is 0 Å². The number of rotatable bonds is 2. The Hall–Kier alpha value is -0.380. The monoisotopic (exact) mass is 239 g/mol. The molecule has 0 amide bonds. The number of morpholine rings is 1. The summed E-state index contributed by atoms with van der Waals surface area (Å²) >= 11 is 0. The van der Waals surface area contributed by atoms with Gasteiger partial charge in [0.2, 0.25) is 0 Å². The molecule has 1 heterocycles. The summed E-state index contributed by atoms with van der Waals surface area (Å²) in [5.41, 5.74) is 0.710. The summed E-state index contributed by atoms with van der Waals surface area (Å²) in [5.74, 6) is 0.572. The predicted molar refractivity (Wildman–Crippen MR) is 69.0 cm³/mol. The molecule has 0 bridgehead atoms. The molecule has 98 valence electrons. The van der Waals surface area contributed by atoms with Crippen LogP contribution in [0.2, 0.25) is 0 Å². The second-order valence-corrected chi connectivity index (χ2v) is 5.84. The van der Waals surface area contributed by atoms with Gasteiger partial charge in [0.1, 0.15) is 0 Å². The molecule has 1 unspecified atom stereocenters. The topological polar surface area (TPSA) is 32.7 Å². The van der Waals surface area contributed by atoms with Crippen LogP contribution in [0.25, 0.3) is 0 Å². The molecule has 3 atom stereocenters. The van der Waals surface area contributed by atoms with E-state index in [9.17, 15) is 5.11 Å². The molecule has 1 N–H and O–H groups in total. The maximum absolute atomic E-state index is 10.6. The molecule has 1 saturated carbocycles. The molecule has 2 fully saturated rings. The van der Waals surface area contributed by atoms with Crippen molar-refractivity contribution in [2.45, 2.75) is 44.8 Å². The minimum atomic E-state index is -0.552. The Bertz CT molecular complexity index is 282. The van der Waals surface area contributed by atoms with Crippen molar-refractivity contribution < 1.29 is 9.84 Å². The van der Waals surface area contributed by atoms with Crippen LogP contribution < -0.4 is 0 Å². The zero-order valence-electron chi connectivity index (χ0n) is 11.1. The zero-order valence-corrected chi connectivity index (χ0v) is 11.1. The van der Waals surface area contributed by atoms with Crippen molar-refractivity contribution in [1.82, 2.24) is 4.90 Å². The summed E-state index contributed by atoms with van der Waals surface area (Å²) in [5, 5.41) is 10.6. The third-order valence-electron chi connectivity index (χ3n) is 4.41. The maximum atomic E-state index is 10.6. The lowest BCUT2D eigenvalue weighted by Crippen LogP contribution is -2.57. The van der Waals surface area contributed by atoms with Crippen LogP contribution in [0.1, 0.15) is 33.1 Å². The van der Waals surface area contributed by atoms with Crippen LogP contribution in [0.5, 0.6) is 0 Å². The number of aliphatic hydroxyl groups is 1. The lowest BCUT2D eigenvalue weighted by Gasteiger charge is -2.47. The molecule has 2 rings (SSSR count). The molecular weight excluding hydrogens is 214 g/mol. The first-order valence-electron chi connectivity index (χ1n) is 6.70. The Labute approximate surface area is 104 Å². The molecule has 3 heteroatoms. The van der Waals surface area contributed by atoms with Crippen LogP contribution in [-0.4, -0.2) is 48.0 Å². The molecule has 0 radical (unpaired) electrons. The number of hydrogen-bond acceptors (Lipinski definition) is 3. The van der Waals surface area contributed by atoms with Crippen molar-refractivity contribution >= 4 is 0 Å². The van der Waals surface area contributed by atoms with E-state index in [2.05, 4.69) is 18.4 Å². The highest BCUT2D eigenvalue weighted by molar-refractivity contribution is 5.05. The normalized spacial score (nSPS) is 40.2. The van der Waals surface area contributed by atoms with E-state index in [1.54, 1.807) is 0 Å². The van der Waals surface area contributed by atoms with E-state index in [-0.39, 0.29) is 6.04 Å². The summed E-state index contributed by atoms with van der Waals surface area (Å²) in [7, 11) is 0. The van der Waals surface area contributed by atoms with Crippen molar-refractivity contribution in [2.75, 3.05) is 26.3 Å². The first kappa shape index (κ1) is 13.1. The third kappa shape index (κ3) is 2.90. The van der Waals surface area contributed by atoms with E-state index in [1.807, 2.05) is 6.92 Å². The Morgan fingerprint density at radius 2 is 2.06 bits per heavy atom. The van der Waals surface area contributed by atoms with Gasteiger partial charge >= 0.3 is 0 Å². The average Bonchev–Trinajstić information content (AvgIpc) is 2.29. The van der Waals surface area contributed by atoms with Gasteiger partial charge in [-0.3, -0.25) is 4.90 Å². The molecule has 0 spiro atoms. The summed E-state index contributed by atoms with van der Waals surface area (Å²) in [6.45, 7) is 11.7. The molecule has 0 aromatic heterocycles. The van der Waals surface area contributed by atoms with E-state index in [0.717, 1.165) is 45.6 Å². The Morgan fingerprint density at radius 3 is 2.65 bits per heavy atom. The van der Waals surface area contributed by atoms with E-state index in [4.69, 9.17) is 4.74 Å². The predicted octanol–water partition coefficient (Wildman–Crippen LogP) is 1.81. The van der Waals surface area contributed by atoms with Crippen LogP contribution >= 0.6 is 0 Å². The van der Waals surface area contributed by atoms with Gasteiger partial charge in [-0.15, -0.1) is 0 Å². The maximum Gasteiger partial charge on any atom is 0.0774 e. The number of hydrogen-bond donors (Lipinski definition) is 1. The quantitative estimate of drug-likeness (QED) is 0.746. The second-order valence-electron chi connectivity index (χ2n) is 5.84. The molecule has 2 aliphatic rings. The number of ether oxygens (including phenoxy) is 1. The molecular formula is C14H25NO2. The molecule has 1 saturated heterocycles. The molecule has 17 heavy (non-hydrogen) atoms. The van der Waals surface area contributed by atoms with E-state index in [1.165, 1.54) is 5.57 Å². The zero-order chi connectivity index (χ0) is 12.5. The first-order valence-corrected chi connectivity index (χ1v) is 6.70. The molecule has 3 nitrogen and oxygen atoms in total.